The van der Waals surface area contributed by atoms with Gasteiger partial charge in [-0.25, -0.2) is 4.79 Å². The van der Waals surface area contributed by atoms with Gasteiger partial charge in [0.05, 0.1) is 23.2 Å². The van der Waals surface area contributed by atoms with Crippen LogP contribution < -0.4 is 5.73 Å². The zero-order valence-electron chi connectivity index (χ0n) is 10.7. The largest absolute Gasteiger partial charge is 0.463 e. The minimum absolute atomic E-state index is 0.132. The van der Waals surface area contributed by atoms with Gasteiger partial charge in [-0.05, 0) is 36.2 Å². The summed E-state index contributed by atoms with van der Waals surface area (Å²) < 4.78 is 9.94. The Morgan fingerprint density at radius 1 is 1.30 bits per heavy atom. The lowest BCUT2D eigenvalue weighted by Gasteiger charge is -2.09. The molecule has 1 aromatic heterocycles. The third-order valence-electron chi connectivity index (χ3n) is 2.82. The maximum atomic E-state index is 11.3. The van der Waals surface area contributed by atoms with E-state index in [2.05, 4.69) is 4.74 Å². The van der Waals surface area contributed by atoms with Gasteiger partial charge in [0.1, 0.15) is 5.76 Å². The van der Waals surface area contributed by atoms with Crippen LogP contribution in [0.2, 0.25) is 10.0 Å². The second kappa shape index (κ2) is 6.31. The van der Waals surface area contributed by atoms with Crippen molar-refractivity contribution < 1.29 is 13.9 Å². The molecule has 6 heteroatoms. The van der Waals surface area contributed by atoms with Gasteiger partial charge in [0.25, 0.3) is 0 Å². The third kappa shape index (κ3) is 3.33. The van der Waals surface area contributed by atoms with Crippen molar-refractivity contribution in [3.63, 3.8) is 0 Å². The van der Waals surface area contributed by atoms with E-state index in [0.717, 1.165) is 5.56 Å². The predicted octanol–water partition coefficient (Wildman–Crippen LogP) is 3.62. The summed E-state index contributed by atoms with van der Waals surface area (Å²) in [4.78, 5) is 11.3. The highest BCUT2D eigenvalue weighted by Gasteiger charge is 2.16. The number of rotatable bonds is 4. The SMILES string of the molecule is COC(=O)c1ccc(C(N)Cc2ccc(Cl)c(Cl)c2)o1. The average Bonchev–Trinajstić information content (AvgIpc) is 2.92. The van der Waals surface area contributed by atoms with Gasteiger partial charge in [0, 0.05) is 0 Å². The highest BCUT2D eigenvalue weighted by Crippen LogP contribution is 2.25. The molecule has 1 unspecified atom stereocenters. The van der Waals surface area contributed by atoms with Gasteiger partial charge < -0.3 is 14.9 Å². The van der Waals surface area contributed by atoms with Crippen molar-refractivity contribution in [1.82, 2.24) is 0 Å². The molecule has 0 radical (unpaired) electrons. The fraction of sp³-hybridized carbons (Fsp3) is 0.214. The van der Waals surface area contributed by atoms with Crippen molar-refractivity contribution in [3.8, 4) is 0 Å². The number of hydrogen-bond acceptors (Lipinski definition) is 4. The summed E-state index contributed by atoms with van der Waals surface area (Å²) >= 11 is 11.8. The van der Waals surface area contributed by atoms with E-state index in [1.54, 1.807) is 18.2 Å². The maximum absolute atomic E-state index is 11.3. The molecular formula is C14H13Cl2NO3. The van der Waals surface area contributed by atoms with Crippen LogP contribution in [0.25, 0.3) is 0 Å². The molecule has 0 fully saturated rings. The van der Waals surface area contributed by atoms with E-state index in [-0.39, 0.29) is 11.8 Å². The molecule has 20 heavy (non-hydrogen) atoms. The van der Waals surface area contributed by atoms with Gasteiger partial charge in [-0.2, -0.15) is 0 Å². The zero-order chi connectivity index (χ0) is 14.7. The number of hydrogen-bond donors (Lipinski definition) is 1. The van der Waals surface area contributed by atoms with E-state index < -0.39 is 5.97 Å². The van der Waals surface area contributed by atoms with Crippen LogP contribution in [0.4, 0.5) is 0 Å². The standard InChI is InChI=1S/C14H13Cl2NO3/c1-19-14(18)13-5-4-12(20-13)11(17)7-8-2-3-9(15)10(16)6-8/h2-6,11H,7,17H2,1H3. The topological polar surface area (TPSA) is 65.5 Å². The highest BCUT2D eigenvalue weighted by atomic mass is 35.5. The lowest BCUT2D eigenvalue weighted by atomic mass is 10.1. The first-order valence-electron chi connectivity index (χ1n) is 5.89. The van der Waals surface area contributed by atoms with Crippen molar-refractivity contribution >= 4 is 29.2 Å². The first kappa shape index (κ1) is 14.9. The van der Waals surface area contributed by atoms with E-state index >= 15 is 0 Å². The summed E-state index contributed by atoms with van der Waals surface area (Å²) in [5, 5.41) is 0.973. The molecule has 1 aromatic carbocycles. The molecule has 2 rings (SSSR count). The molecule has 1 heterocycles. The Bertz CT molecular complexity index is 625. The molecule has 0 bridgehead atoms. The monoisotopic (exact) mass is 313 g/mol. The van der Waals surface area contributed by atoms with Crippen LogP contribution in [-0.4, -0.2) is 13.1 Å². The average molecular weight is 314 g/mol. The molecule has 0 saturated carbocycles. The summed E-state index contributed by atoms with van der Waals surface area (Å²) in [6.07, 6.45) is 0.519. The minimum atomic E-state index is -0.530. The number of esters is 1. The van der Waals surface area contributed by atoms with Crippen LogP contribution in [0.15, 0.2) is 34.7 Å². The summed E-state index contributed by atoms with van der Waals surface area (Å²) in [6.45, 7) is 0. The van der Waals surface area contributed by atoms with Crippen LogP contribution in [0.3, 0.4) is 0 Å². The van der Waals surface area contributed by atoms with Gasteiger partial charge in [-0.3, -0.25) is 0 Å². The number of ether oxygens (including phenoxy) is 1. The van der Waals surface area contributed by atoms with E-state index in [1.165, 1.54) is 13.2 Å². The number of furan rings is 1. The van der Waals surface area contributed by atoms with Crippen molar-refractivity contribution in [1.29, 1.82) is 0 Å². The molecular weight excluding hydrogens is 301 g/mol. The van der Waals surface area contributed by atoms with E-state index in [1.807, 2.05) is 6.07 Å². The van der Waals surface area contributed by atoms with Gasteiger partial charge in [-0.15, -0.1) is 0 Å². The van der Waals surface area contributed by atoms with E-state index in [9.17, 15) is 4.79 Å². The van der Waals surface area contributed by atoms with Crippen molar-refractivity contribution in [3.05, 3.63) is 57.5 Å². The van der Waals surface area contributed by atoms with Crippen LogP contribution in [0.5, 0.6) is 0 Å². The minimum Gasteiger partial charge on any atom is -0.463 e. The van der Waals surface area contributed by atoms with Gasteiger partial charge in [0.15, 0.2) is 0 Å². The number of nitrogens with two attached hydrogens (primary N) is 1. The second-order valence-corrected chi connectivity index (χ2v) is 5.07. The number of benzene rings is 1. The lowest BCUT2D eigenvalue weighted by molar-refractivity contribution is 0.0562. The van der Waals surface area contributed by atoms with Gasteiger partial charge in [0.2, 0.25) is 5.76 Å². The summed E-state index contributed by atoms with van der Waals surface area (Å²) in [5.74, 6) is 0.113. The normalized spacial score (nSPS) is 12.2. The van der Waals surface area contributed by atoms with Crippen molar-refractivity contribution in [2.45, 2.75) is 12.5 Å². The molecule has 0 aliphatic rings. The van der Waals surface area contributed by atoms with Crippen LogP contribution >= 0.6 is 23.2 Å². The Morgan fingerprint density at radius 3 is 2.70 bits per heavy atom. The molecule has 106 valence electrons. The molecule has 0 spiro atoms. The van der Waals surface area contributed by atoms with E-state index in [4.69, 9.17) is 33.4 Å². The number of carbonyl (C=O) groups excluding carboxylic acids is 1. The molecule has 4 nitrogen and oxygen atoms in total. The van der Waals surface area contributed by atoms with Crippen molar-refractivity contribution in [2.75, 3.05) is 7.11 Å². The fourth-order valence-electron chi connectivity index (χ4n) is 1.78. The molecule has 2 N–H and O–H groups in total. The molecule has 2 aromatic rings. The predicted molar refractivity (Wildman–Crippen MR) is 77.1 cm³/mol. The first-order valence-corrected chi connectivity index (χ1v) is 6.64. The molecule has 0 amide bonds. The Kier molecular flexibility index (Phi) is 4.70. The van der Waals surface area contributed by atoms with Crippen LogP contribution in [0.1, 0.15) is 27.9 Å². The number of halogens is 2. The Labute approximate surface area is 126 Å². The van der Waals surface area contributed by atoms with Gasteiger partial charge in [-0.1, -0.05) is 29.3 Å². The highest BCUT2D eigenvalue weighted by molar-refractivity contribution is 6.42. The van der Waals surface area contributed by atoms with Crippen LogP contribution in [0, 0.1) is 0 Å². The van der Waals surface area contributed by atoms with Crippen LogP contribution in [-0.2, 0) is 11.2 Å². The lowest BCUT2D eigenvalue weighted by Crippen LogP contribution is -2.12. The number of carbonyl (C=O) groups is 1. The second-order valence-electron chi connectivity index (χ2n) is 4.25. The quantitative estimate of drug-likeness (QED) is 0.876. The van der Waals surface area contributed by atoms with Gasteiger partial charge >= 0.3 is 5.97 Å². The summed E-state index contributed by atoms with van der Waals surface area (Å²) in [5.41, 5.74) is 6.98. The first-order chi connectivity index (χ1) is 9.51. The third-order valence-corrected chi connectivity index (χ3v) is 3.56. The summed E-state index contributed by atoms with van der Waals surface area (Å²) in [6, 6.07) is 8.13. The Balaban J connectivity index is 2.11. The Morgan fingerprint density at radius 2 is 2.05 bits per heavy atom. The molecule has 0 saturated heterocycles. The molecule has 1 atom stereocenters. The smallest absolute Gasteiger partial charge is 0.373 e. The zero-order valence-corrected chi connectivity index (χ0v) is 12.2. The van der Waals surface area contributed by atoms with E-state index in [0.29, 0.717) is 22.2 Å². The van der Waals surface area contributed by atoms with Crippen molar-refractivity contribution in [2.24, 2.45) is 5.73 Å². The number of methoxy groups -OCH3 is 1. The Hall–Kier alpha value is -1.49. The molecule has 0 aliphatic carbocycles. The fourth-order valence-corrected chi connectivity index (χ4v) is 2.10. The maximum Gasteiger partial charge on any atom is 0.373 e. The summed E-state index contributed by atoms with van der Waals surface area (Å²) in [7, 11) is 1.29. The molecule has 0 aliphatic heterocycles.